The van der Waals surface area contributed by atoms with E-state index in [-0.39, 0.29) is 19.1 Å². The maximum Gasteiger partial charge on any atom is 0.264 e. The zero-order chi connectivity index (χ0) is 18.7. The van der Waals surface area contributed by atoms with Crippen molar-refractivity contribution < 1.29 is 26.9 Å². The van der Waals surface area contributed by atoms with Crippen molar-refractivity contribution in [3.63, 3.8) is 0 Å². The molecule has 7 nitrogen and oxygen atoms in total. The molecule has 0 atom stereocenters. The first-order valence-corrected chi connectivity index (χ1v) is 10.0. The van der Waals surface area contributed by atoms with Crippen LogP contribution in [-0.2, 0) is 23.8 Å². The van der Waals surface area contributed by atoms with Crippen molar-refractivity contribution in [1.29, 1.82) is 0 Å². The maximum atomic E-state index is 11.8. The van der Waals surface area contributed by atoms with E-state index in [2.05, 4.69) is 23.3 Å². The summed E-state index contributed by atoms with van der Waals surface area (Å²) in [6, 6.07) is 6.84. The Morgan fingerprint density at radius 2 is 1.80 bits per heavy atom. The summed E-state index contributed by atoms with van der Waals surface area (Å²) in [5.41, 5.74) is 0.674. The van der Waals surface area contributed by atoms with Gasteiger partial charge in [0.2, 0.25) is 5.91 Å². The highest BCUT2D eigenvalue weighted by Crippen LogP contribution is 2.16. The van der Waals surface area contributed by atoms with Crippen molar-refractivity contribution in [1.82, 2.24) is 0 Å². The molecule has 142 valence electrons. The third kappa shape index (κ3) is 11.5. The van der Waals surface area contributed by atoms with Crippen molar-refractivity contribution in [3.8, 4) is 5.75 Å². The lowest BCUT2D eigenvalue weighted by Crippen LogP contribution is -2.13. The van der Waals surface area contributed by atoms with Gasteiger partial charge in [0.05, 0.1) is 6.26 Å². The lowest BCUT2D eigenvalue weighted by molar-refractivity contribution is -0.116. The molecule has 0 aromatic heterocycles. The first-order valence-electron chi connectivity index (χ1n) is 8.21. The smallest absolute Gasteiger partial charge is 0.264 e. The van der Waals surface area contributed by atoms with Crippen LogP contribution in [0.5, 0.6) is 5.75 Å². The Morgan fingerprint density at radius 1 is 1.12 bits per heavy atom. The minimum atomic E-state index is -3.45. The number of nitrogens with one attached hydrogen (secondary N) is 1. The van der Waals surface area contributed by atoms with Gasteiger partial charge in [-0.3, -0.25) is 8.98 Å². The molecule has 1 amide bonds. The van der Waals surface area contributed by atoms with Crippen LogP contribution in [0, 0.1) is 5.92 Å². The van der Waals surface area contributed by atoms with Crippen LogP contribution < -0.4 is 10.1 Å². The maximum absolute atomic E-state index is 11.8. The van der Waals surface area contributed by atoms with Gasteiger partial charge in [0.25, 0.3) is 10.1 Å². The molecule has 0 fully saturated rings. The Labute approximate surface area is 149 Å². The number of anilines is 1. The molecule has 0 unspecified atom stereocenters. The zero-order valence-corrected chi connectivity index (χ0v) is 15.8. The van der Waals surface area contributed by atoms with Crippen LogP contribution in [0.4, 0.5) is 5.69 Å². The molecule has 0 heterocycles. The summed E-state index contributed by atoms with van der Waals surface area (Å²) in [5.74, 6) is 0.994. The van der Waals surface area contributed by atoms with Crippen LogP contribution in [0.25, 0.3) is 0 Å². The molecule has 0 radical (unpaired) electrons. The molecule has 0 spiro atoms. The van der Waals surface area contributed by atoms with Gasteiger partial charge in [-0.15, -0.1) is 0 Å². The summed E-state index contributed by atoms with van der Waals surface area (Å²) in [5, 5.41) is 2.80. The number of amides is 1. The van der Waals surface area contributed by atoms with E-state index in [9.17, 15) is 13.2 Å². The summed E-state index contributed by atoms with van der Waals surface area (Å²) in [6.45, 7) is 5.52. The fourth-order valence-electron chi connectivity index (χ4n) is 1.86. The lowest BCUT2D eigenvalue weighted by Gasteiger charge is -2.09. The number of hydrogen-bond acceptors (Lipinski definition) is 6. The van der Waals surface area contributed by atoms with Crippen LogP contribution in [0.1, 0.15) is 26.7 Å². The number of rotatable bonds is 12. The van der Waals surface area contributed by atoms with E-state index < -0.39 is 10.1 Å². The quantitative estimate of drug-likeness (QED) is 0.447. The number of hydrogen-bond donors (Lipinski definition) is 1. The van der Waals surface area contributed by atoms with Gasteiger partial charge in [-0.25, -0.2) is 0 Å². The number of benzene rings is 1. The SMILES string of the molecule is CC(C)COCCCC(=O)Nc1ccc(OCCOS(C)(=O)=O)cc1. The molecule has 25 heavy (non-hydrogen) atoms. The van der Waals surface area contributed by atoms with Gasteiger partial charge in [0.1, 0.15) is 19.0 Å². The third-order valence-electron chi connectivity index (χ3n) is 2.93. The summed E-state index contributed by atoms with van der Waals surface area (Å²) < 4.78 is 37.0. The van der Waals surface area contributed by atoms with E-state index in [1.54, 1.807) is 24.3 Å². The van der Waals surface area contributed by atoms with Crippen molar-refractivity contribution in [2.75, 3.05) is 38.0 Å². The first-order chi connectivity index (χ1) is 11.8. The van der Waals surface area contributed by atoms with Crippen LogP contribution in [-0.4, -0.2) is 47.0 Å². The second-order valence-corrected chi connectivity index (χ2v) is 7.66. The first kappa shape index (κ1) is 21.4. The molecule has 0 saturated heterocycles. The van der Waals surface area contributed by atoms with Crippen LogP contribution in [0.15, 0.2) is 24.3 Å². The minimum Gasteiger partial charge on any atom is -0.491 e. The number of carbonyl (C=O) groups excluding carboxylic acids is 1. The second-order valence-electron chi connectivity index (χ2n) is 6.02. The zero-order valence-electron chi connectivity index (χ0n) is 15.0. The molecule has 1 N–H and O–H groups in total. The Bertz CT molecular complexity index is 613. The van der Waals surface area contributed by atoms with E-state index in [0.717, 1.165) is 6.26 Å². The highest BCUT2D eigenvalue weighted by molar-refractivity contribution is 7.85. The molecular formula is C17H27NO6S. The molecule has 1 aromatic rings. The van der Waals surface area contributed by atoms with E-state index in [1.807, 2.05) is 0 Å². The van der Waals surface area contributed by atoms with Crippen molar-refractivity contribution in [2.45, 2.75) is 26.7 Å². The lowest BCUT2D eigenvalue weighted by atomic mass is 10.2. The Balaban J connectivity index is 2.23. The van der Waals surface area contributed by atoms with Crippen LogP contribution in [0.3, 0.4) is 0 Å². The molecule has 0 bridgehead atoms. The molecule has 0 saturated carbocycles. The molecule has 0 aliphatic rings. The van der Waals surface area contributed by atoms with Gasteiger partial charge in [-0.2, -0.15) is 8.42 Å². The molecule has 0 aliphatic carbocycles. The van der Waals surface area contributed by atoms with Crippen LogP contribution >= 0.6 is 0 Å². The van der Waals surface area contributed by atoms with Gasteiger partial charge in [0.15, 0.2) is 0 Å². The molecule has 1 aromatic carbocycles. The highest BCUT2D eigenvalue weighted by Gasteiger charge is 2.04. The highest BCUT2D eigenvalue weighted by atomic mass is 32.2. The minimum absolute atomic E-state index is 0.0454. The Hall–Kier alpha value is -1.64. The predicted octanol–water partition coefficient (Wildman–Crippen LogP) is 2.43. The number of ether oxygens (including phenoxy) is 2. The van der Waals surface area contributed by atoms with Gasteiger partial charge >= 0.3 is 0 Å². The summed E-state index contributed by atoms with van der Waals surface area (Å²) in [7, 11) is -3.45. The predicted molar refractivity (Wildman–Crippen MR) is 96.3 cm³/mol. The summed E-state index contributed by atoms with van der Waals surface area (Å²) in [4.78, 5) is 11.8. The summed E-state index contributed by atoms with van der Waals surface area (Å²) >= 11 is 0. The van der Waals surface area contributed by atoms with E-state index in [4.69, 9.17) is 9.47 Å². The average molecular weight is 373 g/mol. The summed E-state index contributed by atoms with van der Waals surface area (Å²) in [6.07, 6.45) is 2.07. The van der Waals surface area contributed by atoms with Crippen molar-refractivity contribution in [2.24, 2.45) is 5.92 Å². The van der Waals surface area contributed by atoms with Crippen molar-refractivity contribution >= 4 is 21.7 Å². The molecule has 0 aliphatic heterocycles. The van der Waals surface area contributed by atoms with Gasteiger partial charge in [0, 0.05) is 25.3 Å². The normalized spacial score (nSPS) is 11.5. The van der Waals surface area contributed by atoms with E-state index >= 15 is 0 Å². The largest absolute Gasteiger partial charge is 0.491 e. The fourth-order valence-corrected chi connectivity index (χ4v) is 2.23. The molecule has 8 heteroatoms. The van der Waals surface area contributed by atoms with E-state index in [1.165, 1.54) is 0 Å². The molecule has 1 rings (SSSR count). The standard InChI is InChI=1S/C17H27NO6S/c1-14(2)13-22-10-4-5-17(19)18-15-6-8-16(9-7-15)23-11-12-24-25(3,20)21/h6-9,14H,4-5,10-13H2,1-3H3,(H,18,19). The number of carbonyl (C=O) groups is 1. The van der Waals surface area contributed by atoms with Crippen LogP contribution in [0.2, 0.25) is 0 Å². The van der Waals surface area contributed by atoms with Gasteiger partial charge in [-0.05, 0) is 36.6 Å². The third-order valence-corrected chi connectivity index (χ3v) is 3.53. The van der Waals surface area contributed by atoms with Gasteiger partial charge in [-0.1, -0.05) is 13.8 Å². The van der Waals surface area contributed by atoms with E-state index in [0.29, 0.717) is 43.4 Å². The Morgan fingerprint density at radius 3 is 2.40 bits per heavy atom. The molecular weight excluding hydrogens is 346 g/mol. The fraction of sp³-hybridized carbons (Fsp3) is 0.588. The Kier molecular flexibility index (Phi) is 9.48. The van der Waals surface area contributed by atoms with Gasteiger partial charge < -0.3 is 14.8 Å². The monoisotopic (exact) mass is 373 g/mol. The topological polar surface area (TPSA) is 90.9 Å². The average Bonchev–Trinajstić information content (AvgIpc) is 2.51. The second kappa shape index (κ2) is 11.1. The van der Waals surface area contributed by atoms with Crippen molar-refractivity contribution in [3.05, 3.63) is 24.3 Å².